The molecule has 0 radical (unpaired) electrons. The van der Waals surface area contributed by atoms with Gasteiger partial charge in [-0.25, -0.2) is 0 Å². The summed E-state index contributed by atoms with van der Waals surface area (Å²) in [6.45, 7) is 0. The van der Waals surface area contributed by atoms with Gasteiger partial charge < -0.3 is 14.8 Å². The van der Waals surface area contributed by atoms with Gasteiger partial charge >= 0.3 is 0 Å². The molecule has 0 aliphatic heterocycles. The Balaban J connectivity index is 0.000000270. The molecular weight excluding hydrogens is 744 g/mol. The molecule has 49 heavy (non-hydrogen) atoms. The Hall–Kier alpha value is -2.72. The van der Waals surface area contributed by atoms with Crippen molar-refractivity contribution in [3.05, 3.63) is 97.1 Å². The van der Waals surface area contributed by atoms with Crippen LogP contribution in [0, 0.1) is 6.07 Å². The van der Waals surface area contributed by atoms with Crippen LogP contribution in [0.4, 0.5) is 5.69 Å². The molecule has 6 nitrogen and oxygen atoms in total. The first-order chi connectivity index (χ1) is 23.2. The van der Waals surface area contributed by atoms with Crippen molar-refractivity contribution in [2.45, 2.75) is 75.5 Å². The third-order valence-electron chi connectivity index (χ3n) is 9.01. The van der Waals surface area contributed by atoms with Crippen LogP contribution in [0.2, 0.25) is 0 Å². The molecule has 0 heterocycles. The SMILES string of the molecule is CNc1ccccc1-c1[c-]cccc1.COc1cccc(OC)c1-c1ccccc1P(C1CCCCC1)C1CCCCC1.CS(=O)(=O)O.[Pd]. The van der Waals surface area contributed by atoms with Gasteiger partial charge in [0.1, 0.15) is 11.5 Å². The second kappa shape index (κ2) is 20.8. The quantitative estimate of drug-likeness (QED) is 0.0800. The van der Waals surface area contributed by atoms with Crippen LogP contribution in [0.25, 0.3) is 22.3 Å². The molecular formula is C40H51NO5PPdS-. The zero-order valence-corrected chi connectivity index (χ0v) is 32.4. The number of ether oxygens (including phenoxy) is 2. The Morgan fingerprint density at radius 3 is 1.69 bits per heavy atom. The fourth-order valence-electron chi connectivity index (χ4n) is 6.93. The van der Waals surface area contributed by atoms with E-state index in [0.717, 1.165) is 39.6 Å². The molecule has 2 saturated carbocycles. The molecule has 0 spiro atoms. The standard InChI is InChI=1S/C26H35O2P.C13H12N.CH4O3S.Pd/c1-27-23-17-11-18-24(28-2)26(23)22-16-9-10-19-25(22)29(20-12-5-3-6-13-20)21-14-7-4-8-15-21;1-14-13-10-6-5-9-12(13)11-7-3-2-4-8-11;1-5(2,3)4;/h9-11,16-21H,3-8,12-15H2,1-2H3;2-7,9-10,14H,1H3;1H3,(H,2,3,4);/q;-1;;. The molecule has 0 amide bonds. The van der Waals surface area contributed by atoms with Crippen molar-refractivity contribution >= 4 is 29.0 Å². The zero-order chi connectivity index (χ0) is 34.4. The summed E-state index contributed by atoms with van der Waals surface area (Å²) in [5.74, 6) is 1.83. The van der Waals surface area contributed by atoms with Gasteiger partial charge in [0, 0.05) is 27.5 Å². The van der Waals surface area contributed by atoms with Crippen LogP contribution in [0.1, 0.15) is 64.2 Å². The van der Waals surface area contributed by atoms with Gasteiger partial charge in [-0.3, -0.25) is 4.55 Å². The fourth-order valence-corrected chi connectivity index (χ4v) is 10.9. The molecule has 4 aromatic rings. The van der Waals surface area contributed by atoms with E-state index in [2.05, 4.69) is 66.0 Å². The minimum absolute atomic E-state index is 0. The van der Waals surface area contributed by atoms with Gasteiger partial charge in [0.15, 0.2) is 0 Å². The minimum Gasteiger partial charge on any atom is -0.496 e. The number of para-hydroxylation sites is 1. The molecule has 6 rings (SSSR count). The molecule has 0 saturated heterocycles. The fraction of sp³-hybridized carbons (Fsp3) is 0.400. The van der Waals surface area contributed by atoms with Crippen LogP contribution >= 0.6 is 7.92 Å². The summed E-state index contributed by atoms with van der Waals surface area (Å²) in [5.41, 5.74) is 7.67. The monoisotopic (exact) mass is 794 g/mol. The predicted octanol–water partition coefficient (Wildman–Crippen LogP) is 9.84. The van der Waals surface area contributed by atoms with Crippen molar-refractivity contribution in [3.63, 3.8) is 0 Å². The van der Waals surface area contributed by atoms with E-state index < -0.39 is 10.1 Å². The summed E-state index contributed by atoms with van der Waals surface area (Å²) in [4.78, 5) is 0. The molecule has 268 valence electrons. The van der Waals surface area contributed by atoms with Crippen molar-refractivity contribution < 1.29 is 42.9 Å². The molecule has 9 heteroatoms. The van der Waals surface area contributed by atoms with Gasteiger partial charge in [-0.15, -0.1) is 35.9 Å². The number of benzene rings is 4. The summed E-state index contributed by atoms with van der Waals surface area (Å²) in [6, 6.07) is 34.8. The van der Waals surface area contributed by atoms with Crippen molar-refractivity contribution in [2.75, 3.05) is 32.8 Å². The van der Waals surface area contributed by atoms with Gasteiger partial charge in [0.05, 0.1) is 26.0 Å². The minimum atomic E-state index is -3.67. The number of hydrogen-bond acceptors (Lipinski definition) is 5. The van der Waals surface area contributed by atoms with E-state index in [1.165, 1.54) is 75.3 Å². The van der Waals surface area contributed by atoms with E-state index in [1.807, 2.05) is 43.4 Å². The first-order valence-corrected chi connectivity index (χ1v) is 20.3. The van der Waals surface area contributed by atoms with Gasteiger partial charge in [-0.1, -0.05) is 101 Å². The Morgan fingerprint density at radius 1 is 0.714 bits per heavy atom. The number of hydrogen-bond donors (Lipinski definition) is 2. The van der Waals surface area contributed by atoms with Crippen molar-refractivity contribution in [1.82, 2.24) is 0 Å². The van der Waals surface area contributed by atoms with Gasteiger partial charge in [0.2, 0.25) is 0 Å². The van der Waals surface area contributed by atoms with E-state index in [1.54, 1.807) is 19.5 Å². The van der Waals surface area contributed by atoms with Gasteiger partial charge in [-0.05, 0) is 71.8 Å². The van der Waals surface area contributed by atoms with Crippen LogP contribution in [-0.2, 0) is 30.5 Å². The Morgan fingerprint density at radius 2 is 1.20 bits per heavy atom. The van der Waals surface area contributed by atoms with Crippen molar-refractivity contribution in [2.24, 2.45) is 0 Å². The smallest absolute Gasteiger partial charge is 0.261 e. The molecule has 0 aromatic heterocycles. The van der Waals surface area contributed by atoms with E-state index in [9.17, 15) is 8.42 Å². The average molecular weight is 795 g/mol. The maximum atomic E-state index is 9.19. The van der Waals surface area contributed by atoms with Crippen LogP contribution < -0.4 is 20.1 Å². The summed E-state index contributed by atoms with van der Waals surface area (Å²) in [5, 5.41) is 4.76. The van der Waals surface area contributed by atoms with E-state index in [0.29, 0.717) is 6.26 Å². The number of methoxy groups -OCH3 is 2. The second-order valence-corrected chi connectivity index (χ2v) is 16.6. The van der Waals surface area contributed by atoms with Crippen LogP contribution in [0.5, 0.6) is 11.5 Å². The van der Waals surface area contributed by atoms with Crippen molar-refractivity contribution in [1.29, 1.82) is 0 Å². The summed E-state index contributed by atoms with van der Waals surface area (Å²) in [6.07, 6.45) is 14.9. The summed E-state index contributed by atoms with van der Waals surface area (Å²) >= 11 is 0. The van der Waals surface area contributed by atoms with E-state index >= 15 is 0 Å². The first-order valence-electron chi connectivity index (χ1n) is 17.0. The normalized spacial score (nSPS) is 15.1. The topological polar surface area (TPSA) is 84.9 Å². The maximum absolute atomic E-state index is 9.19. The van der Waals surface area contributed by atoms with E-state index in [4.69, 9.17) is 14.0 Å². The van der Waals surface area contributed by atoms with Gasteiger partial charge in [-0.2, -0.15) is 8.42 Å². The largest absolute Gasteiger partial charge is 0.496 e. The average Bonchev–Trinajstić information content (AvgIpc) is 3.12. The Bertz CT molecular complexity index is 1610. The van der Waals surface area contributed by atoms with Crippen molar-refractivity contribution in [3.8, 4) is 33.8 Å². The second-order valence-electron chi connectivity index (χ2n) is 12.4. The third-order valence-corrected chi connectivity index (χ3v) is 12.6. The Kier molecular flexibility index (Phi) is 17.3. The van der Waals surface area contributed by atoms with Gasteiger partial charge in [0.25, 0.3) is 10.1 Å². The molecule has 2 N–H and O–H groups in total. The molecule has 4 aromatic carbocycles. The first kappa shape index (κ1) is 40.7. The van der Waals surface area contributed by atoms with E-state index in [-0.39, 0.29) is 28.3 Å². The van der Waals surface area contributed by atoms with Crippen LogP contribution in [0.15, 0.2) is 91.0 Å². The molecule has 2 aliphatic rings. The van der Waals surface area contributed by atoms with Crippen LogP contribution in [0.3, 0.4) is 0 Å². The number of nitrogens with one attached hydrogen (secondary N) is 1. The predicted molar refractivity (Wildman–Crippen MR) is 203 cm³/mol. The molecule has 2 fully saturated rings. The zero-order valence-electron chi connectivity index (χ0n) is 29.1. The molecule has 0 unspecified atom stereocenters. The molecule has 0 bridgehead atoms. The number of rotatable bonds is 8. The number of anilines is 1. The molecule has 0 atom stereocenters. The van der Waals surface area contributed by atoms with Crippen LogP contribution in [-0.4, -0.2) is 51.8 Å². The summed E-state index contributed by atoms with van der Waals surface area (Å²) < 4.78 is 37.5. The third kappa shape index (κ3) is 12.2. The summed E-state index contributed by atoms with van der Waals surface area (Å²) in [7, 11) is 1.62. The molecule has 2 aliphatic carbocycles. The Labute approximate surface area is 309 Å². The maximum Gasteiger partial charge on any atom is 0.261 e.